The summed E-state index contributed by atoms with van der Waals surface area (Å²) < 4.78 is 0. The van der Waals surface area contributed by atoms with Crippen molar-refractivity contribution in [1.82, 2.24) is 9.88 Å². The summed E-state index contributed by atoms with van der Waals surface area (Å²) in [4.78, 5) is 17.7. The maximum atomic E-state index is 11.7. The molecule has 1 aromatic heterocycles. The van der Waals surface area contributed by atoms with Crippen LogP contribution in [0.5, 0.6) is 0 Å². The molecule has 1 amide bonds. The smallest absolute Gasteiger partial charge is 0.222 e. The Hall–Kier alpha value is -0.940. The molecule has 0 radical (unpaired) electrons. The molecule has 0 fully saturated rings. The second kappa shape index (κ2) is 5.96. The predicted molar refractivity (Wildman–Crippen MR) is 66.2 cm³/mol. The second-order valence-corrected chi connectivity index (χ2v) is 5.19. The summed E-state index contributed by atoms with van der Waals surface area (Å²) >= 11 is 1.61. The van der Waals surface area contributed by atoms with Crippen molar-refractivity contribution in [3.8, 4) is 0 Å². The van der Waals surface area contributed by atoms with E-state index in [2.05, 4.69) is 4.98 Å². The number of thiazole rings is 1. The molecule has 2 N–H and O–H groups in total. The Morgan fingerprint density at radius 2 is 2.38 bits per heavy atom. The van der Waals surface area contributed by atoms with Gasteiger partial charge in [0.15, 0.2) is 0 Å². The van der Waals surface area contributed by atoms with Crippen LogP contribution in [0.3, 0.4) is 0 Å². The third kappa shape index (κ3) is 4.28. The first kappa shape index (κ1) is 13.1. The maximum Gasteiger partial charge on any atom is 0.222 e. The number of hydrogen-bond acceptors (Lipinski definition) is 4. The van der Waals surface area contributed by atoms with E-state index in [1.165, 1.54) is 0 Å². The van der Waals surface area contributed by atoms with Crippen LogP contribution in [-0.2, 0) is 11.3 Å². The average Bonchev–Trinajstić information content (AvgIpc) is 2.60. The monoisotopic (exact) mass is 241 g/mol. The van der Waals surface area contributed by atoms with Crippen molar-refractivity contribution >= 4 is 17.2 Å². The highest BCUT2D eigenvalue weighted by atomic mass is 32.1. The third-order valence-corrected chi connectivity index (χ3v) is 3.13. The van der Waals surface area contributed by atoms with Gasteiger partial charge in [-0.05, 0) is 20.3 Å². The number of rotatable bonds is 5. The summed E-state index contributed by atoms with van der Waals surface area (Å²) in [5.41, 5.74) is 6.57. The van der Waals surface area contributed by atoms with Crippen molar-refractivity contribution in [1.29, 1.82) is 0 Å². The van der Waals surface area contributed by atoms with E-state index in [-0.39, 0.29) is 11.9 Å². The standard InChI is InChI=1S/C11H19N3OS/c1-8(12)4-5-11(15)14(3)6-10-7-16-9(2)13-10/h7-8H,4-6,12H2,1-3H3. The highest BCUT2D eigenvalue weighted by Gasteiger charge is 2.11. The van der Waals surface area contributed by atoms with Gasteiger partial charge in [-0.3, -0.25) is 4.79 Å². The SMILES string of the molecule is Cc1nc(CN(C)C(=O)CCC(C)N)cs1. The predicted octanol–water partition coefficient (Wildman–Crippen LogP) is 1.54. The molecule has 0 aliphatic carbocycles. The number of carbonyl (C=O) groups excluding carboxylic acids is 1. The summed E-state index contributed by atoms with van der Waals surface area (Å²) in [6, 6.07) is 0.0823. The molecule has 4 nitrogen and oxygen atoms in total. The van der Waals surface area contributed by atoms with E-state index < -0.39 is 0 Å². The third-order valence-electron chi connectivity index (χ3n) is 2.31. The Balaban J connectivity index is 2.39. The van der Waals surface area contributed by atoms with E-state index in [0.717, 1.165) is 17.1 Å². The lowest BCUT2D eigenvalue weighted by molar-refractivity contribution is -0.130. The van der Waals surface area contributed by atoms with Gasteiger partial charge < -0.3 is 10.6 Å². The lowest BCUT2D eigenvalue weighted by Crippen LogP contribution is -2.28. The van der Waals surface area contributed by atoms with Crippen molar-refractivity contribution < 1.29 is 4.79 Å². The molecule has 0 bridgehead atoms. The highest BCUT2D eigenvalue weighted by molar-refractivity contribution is 7.09. The summed E-state index contributed by atoms with van der Waals surface area (Å²) in [7, 11) is 1.80. The topological polar surface area (TPSA) is 59.2 Å². The Morgan fingerprint density at radius 3 is 2.88 bits per heavy atom. The first-order chi connectivity index (χ1) is 7.49. The molecule has 0 spiro atoms. The van der Waals surface area contributed by atoms with Gasteiger partial charge in [0.05, 0.1) is 17.2 Å². The van der Waals surface area contributed by atoms with Crippen LogP contribution in [0.4, 0.5) is 0 Å². The van der Waals surface area contributed by atoms with Gasteiger partial charge in [0.25, 0.3) is 0 Å². The summed E-state index contributed by atoms with van der Waals surface area (Å²) in [5, 5.41) is 3.02. The zero-order valence-corrected chi connectivity index (χ0v) is 10.9. The van der Waals surface area contributed by atoms with Gasteiger partial charge in [0.1, 0.15) is 0 Å². The van der Waals surface area contributed by atoms with Crippen molar-refractivity contribution in [3.63, 3.8) is 0 Å². The van der Waals surface area contributed by atoms with Crippen LogP contribution in [0.15, 0.2) is 5.38 Å². The van der Waals surface area contributed by atoms with Crippen molar-refractivity contribution in [2.75, 3.05) is 7.05 Å². The second-order valence-electron chi connectivity index (χ2n) is 4.12. The molecule has 1 unspecified atom stereocenters. The first-order valence-electron chi connectivity index (χ1n) is 5.39. The lowest BCUT2D eigenvalue weighted by atomic mass is 10.2. The van der Waals surface area contributed by atoms with Crippen molar-refractivity contribution in [3.05, 3.63) is 16.1 Å². The minimum Gasteiger partial charge on any atom is -0.340 e. The number of nitrogens with zero attached hydrogens (tertiary/aromatic N) is 2. The van der Waals surface area contributed by atoms with Crippen LogP contribution in [0.1, 0.15) is 30.5 Å². The van der Waals surface area contributed by atoms with E-state index in [4.69, 9.17) is 5.73 Å². The molecular weight excluding hydrogens is 222 g/mol. The van der Waals surface area contributed by atoms with Crippen LogP contribution < -0.4 is 5.73 Å². The van der Waals surface area contributed by atoms with E-state index in [9.17, 15) is 4.79 Å². The van der Waals surface area contributed by atoms with Gasteiger partial charge in [0.2, 0.25) is 5.91 Å². The Kier molecular flexibility index (Phi) is 4.89. The Morgan fingerprint density at radius 1 is 1.69 bits per heavy atom. The highest BCUT2D eigenvalue weighted by Crippen LogP contribution is 2.10. The number of carbonyl (C=O) groups is 1. The van der Waals surface area contributed by atoms with Crippen molar-refractivity contribution in [2.24, 2.45) is 5.73 Å². The fraction of sp³-hybridized carbons (Fsp3) is 0.636. The Labute approximate surface area is 100 Å². The fourth-order valence-corrected chi connectivity index (χ4v) is 1.96. The van der Waals surface area contributed by atoms with Crippen LogP contribution in [0, 0.1) is 6.92 Å². The molecule has 1 rings (SSSR count). The van der Waals surface area contributed by atoms with Gasteiger partial charge in [-0.2, -0.15) is 0 Å². The molecule has 16 heavy (non-hydrogen) atoms. The molecule has 1 atom stereocenters. The number of aryl methyl sites for hydroxylation is 1. The van der Waals surface area contributed by atoms with E-state index in [1.54, 1.807) is 23.3 Å². The summed E-state index contributed by atoms with van der Waals surface area (Å²) in [5.74, 6) is 0.128. The van der Waals surface area contributed by atoms with E-state index in [1.807, 2.05) is 19.2 Å². The fourth-order valence-electron chi connectivity index (χ4n) is 1.35. The lowest BCUT2D eigenvalue weighted by Gasteiger charge is -2.16. The number of nitrogens with two attached hydrogens (primary N) is 1. The van der Waals surface area contributed by atoms with Crippen LogP contribution in [0.2, 0.25) is 0 Å². The van der Waals surface area contributed by atoms with E-state index >= 15 is 0 Å². The molecule has 90 valence electrons. The van der Waals surface area contributed by atoms with Gasteiger partial charge in [-0.15, -0.1) is 11.3 Å². The van der Waals surface area contributed by atoms with Gasteiger partial charge in [-0.25, -0.2) is 4.98 Å². The van der Waals surface area contributed by atoms with E-state index in [0.29, 0.717) is 13.0 Å². The van der Waals surface area contributed by atoms with Gasteiger partial charge in [0, 0.05) is 24.9 Å². The Bertz CT molecular complexity index is 349. The molecule has 0 aromatic carbocycles. The molecule has 1 heterocycles. The molecular formula is C11H19N3OS. The van der Waals surface area contributed by atoms with Crippen LogP contribution in [0.25, 0.3) is 0 Å². The molecule has 5 heteroatoms. The molecule has 0 aliphatic heterocycles. The van der Waals surface area contributed by atoms with Crippen molar-refractivity contribution in [2.45, 2.75) is 39.3 Å². The molecule has 0 saturated carbocycles. The minimum atomic E-state index is 0.0823. The summed E-state index contributed by atoms with van der Waals surface area (Å²) in [6.45, 7) is 4.46. The zero-order valence-electron chi connectivity index (χ0n) is 10.1. The number of hydrogen-bond donors (Lipinski definition) is 1. The average molecular weight is 241 g/mol. The van der Waals surface area contributed by atoms with Crippen LogP contribution >= 0.6 is 11.3 Å². The normalized spacial score (nSPS) is 12.5. The zero-order chi connectivity index (χ0) is 12.1. The quantitative estimate of drug-likeness (QED) is 0.850. The first-order valence-corrected chi connectivity index (χ1v) is 6.27. The molecule has 1 aromatic rings. The maximum absolute atomic E-state index is 11.7. The molecule has 0 aliphatic rings. The number of aromatic nitrogens is 1. The molecule has 0 saturated heterocycles. The minimum absolute atomic E-state index is 0.0823. The summed E-state index contributed by atoms with van der Waals surface area (Å²) in [6.07, 6.45) is 1.25. The largest absolute Gasteiger partial charge is 0.340 e. The van der Waals surface area contributed by atoms with Crippen LogP contribution in [-0.4, -0.2) is 28.9 Å². The van der Waals surface area contributed by atoms with Gasteiger partial charge in [-0.1, -0.05) is 0 Å². The van der Waals surface area contributed by atoms with Gasteiger partial charge >= 0.3 is 0 Å². The number of amides is 1.